The molecule has 1 aromatic heterocycles. The summed E-state index contributed by atoms with van der Waals surface area (Å²) in [5.74, 6) is 1.79. The topological polar surface area (TPSA) is 68.3 Å². The molecule has 3 aliphatic rings. The normalized spacial score (nSPS) is 18.0. The third-order valence-electron chi connectivity index (χ3n) is 7.02. The lowest BCUT2D eigenvalue weighted by Gasteiger charge is -2.37. The molecule has 2 aromatic carbocycles. The van der Waals surface area contributed by atoms with E-state index in [1.807, 2.05) is 36.1 Å². The van der Waals surface area contributed by atoms with Gasteiger partial charge in [0.25, 0.3) is 5.91 Å². The molecule has 0 N–H and O–H groups in total. The van der Waals surface area contributed by atoms with Crippen molar-refractivity contribution in [2.45, 2.75) is 38.3 Å². The van der Waals surface area contributed by atoms with Crippen molar-refractivity contribution >= 4 is 23.2 Å². The molecule has 1 fully saturated rings. The lowest BCUT2D eigenvalue weighted by molar-refractivity contribution is -0.135. The molecule has 186 valence electrons. The highest BCUT2D eigenvalue weighted by atomic mass is 32.1. The number of hydrogen-bond acceptors (Lipinski definition) is 6. The SMILES string of the molecule is Cc1ccc(OC[C@@H]2c3ccsc3CCN2C(=O)CN(C(=O)c2ccc3c(c2)OCO3)C2CC2)cc1. The van der Waals surface area contributed by atoms with Crippen molar-refractivity contribution in [1.29, 1.82) is 0 Å². The van der Waals surface area contributed by atoms with E-state index >= 15 is 0 Å². The highest BCUT2D eigenvalue weighted by Crippen LogP contribution is 2.36. The zero-order chi connectivity index (χ0) is 24.6. The predicted molar refractivity (Wildman–Crippen MR) is 136 cm³/mol. The number of amides is 2. The number of rotatable bonds is 7. The summed E-state index contributed by atoms with van der Waals surface area (Å²) >= 11 is 1.73. The quantitative estimate of drug-likeness (QED) is 0.471. The fourth-order valence-corrected chi connectivity index (χ4v) is 5.80. The Morgan fingerprint density at radius 3 is 2.69 bits per heavy atom. The van der Waals surface area contributed by atoms with Gasteiger partial charge in [-0.3, -0.25) is 9.59 Å². The Kier molecular flexibility index (Phi) is 6.05. The van der Waals surface area contributed by atoms with Gasteiger partial charge in [0.2, 0.25) is 12.7 Å². The molecule has 3 aromatic rings. The number of aryl methyl sites for hydroxylation is 1. The van der Waals surface area contributed by atoms with Gasteiger partial charge in [-0.05, 0) is 73.5 Å². The number of benzene rings is 2. The first-order valence-corrected chi connectivity index (χ1v) is 13.2. The van der Waals surface area contributed by atoms with E-state index in [-0.39, 0.29) is 37.2 Å². The summed E-state index contributed by atoms with van der Waals surface area (Å²) in [7, 11) is 0. The van der Waals surface area contributed by atoms with Crippen LogP contribution in [-0.2, 0) is 11.2 Å². The van der Waals surface area contributed by atoms with E-state index < -0.39 is 0 Å². The van der Waals surface area contributed by atoms with Crippen LogP contribution < -0.4 is 14.2 Å². The van der Waals surface area contributed by atoms with E-state index in [1.165, 1.54) is 10.4 Å². The first kappa shape index (κ1) is 22.9. The molecule has 3 heterocycles. The minimum atomic E-state index is -0.185. The van der Waals surface area contributed by atoms with E-state index in [2.05, 4.69) is 11.4 Å². The van der Waals surface area contributed by atoms with Crippen molar-refractivity contribution in [1.82, 2.24) is 9.80 Å². The molecule has 0 spiro atoms. The van der Waals surface area contributed by atoms with E-state index in [0.717, 1.165) is 30.6 Å². The van der Waals surface area contributed by atoms with Gasteiger partial charge in [0.15, 0.2) is 11.5 Å². The molecular weight excluding hydrogens is 476 g/mol. The fourth-order valence-electron chi connectivity index (χ4n) is 4.87. The van der Waals surface area contributed by atoms with E-state index in [4.69, 9.17) is 14.2 Å². The van der Waals surface area contributed by atoms with Crippen molar-refractivity contribution in [3.05, 3.63) is 75.5 Å². The zero-order valence-corrected chi connectivity index (χ0v) is 21.0. The number of carbonyl (C=O) groups is 2. The summed E-state index contributed by atoms with van der Waals surface area (Å²) < 4.78 is 17.0. The maximum atomic E-state index is 13.7. The summed E-state index contributed by atoms with van der Waals surface area (Å²) in [6.07, 6.45) is 2.65. The van der Waals surface area contributed by atoms with Gasteiger partial charge in [0, 0.05) is 23.0 Å². The van der Waals surface area contributed by atoms with Gasteiger partial charge in [-0.25, -0.2) is 0 Å². The third kappa shape index (κ3) is 4.53. The Labute approximate surface area is 214 Å². The Hall–Kier alpha value is -3.52. The monoisotopic (exact) mass is 504 g/mol. The lowest BCUT2D eigenvalue weighted by Crippen LogP contribution is -2.48. The van der Waals surface area contributed by atoms with Crippen LogP contribution in [0.2, 0.25) is 0 Å². The Balaban J connectivity index is 1.20. The molecule has 1 saturated carbocycles. The summed E-state index contributed by atoms with van der Waals surface area (Å²) in [5, 5.41) is 2.08. The van der Waals surface area contributed by atoms with Gasteiger partial charge in [-0.15, -0.1) is 11.3 Å². The molecule has 0 unspecified atom stereocenters. The van der Waals surface area contributed by atoms with Crippen LogP contribution in [0.25, 0.3) is 0 Å². The Morgan fingerprint density at radius 2 is 1.89 bits per heavy atom. The molecule has 1 aliphatic carbocycles. The van der Waals surface area contributed by atoms with Crippen molar-refractivity contribution in [2.75, 3.05) is 26.5 Å². The molecule has 0 radical (unpaired) electrons. The minimum absolute atomic E-state index is 0.0506. The minimum Gasteiger partial charge on any atom is -0.491 e. The zero-order valence-electron chi connectivity index (χ0n) is 20.1. The predicted octanol–water partition coefficient (Wildman–Crippen LogP) is 4.59. The van der Waals surface area contributed by atoms with Gasteiger partial charge in [-0.2, -0.15) is 0 Å². The molecule has 1 atom stereocenters. The molecule has 2 amide bonds. The summed E-state index contributed by atoms with van der Waals surface area (Å²) in [6.45, 7) is 3.24. The van der Waals surface area contributed by atoms with Gasteiger partial charge < -0.3 is 24.0 Å². The van der Waals surface area contributed by atoms with Crippen LogP contribution in [0.1, 0.15) is 45.2 Å². The maximum absolute atomic E-state index is 13.7. The van der Waals surface area contributed by atoms with Crippen LogP contribution in [-0.4, -0.2) is 54.1 Å². The summed E-state index contributed by atoms with van der Waals surface area (Å²) in [5.41, 5.74) is 2.83. The van der Waals surface area contributed by atoms with Crippen molar-refractivity contribution in [3.63, 3.8) is 0 Å². The van der Waals surface area contributed by atoms with Crippen molar-refractivity contribution in [2.24, 2.45) is 0 Å². The van der Waals surface area contributed by atoms with Gasteiger partial charge in [0.05, 0.1) is 6.04 Å². The second-order valence-corrected chi connectivity index (χ2v) is 10.5. The molecule has 2 aliphatic heterocycles. The number of carbonyl (C=O) groups excluding carboxylic acids is 2. The largest absolute Gasteiger partial charge is 0.491 e. The first-order chi connectivity index (χ1) is 17.6. The van der Waals surface area contributed by atoms with Crippen LogP contribution in [0, 0.1) is 6.92 Å². The number of thiophene rings is 1. The first-order valence-electron chi connectivity index (χ1n) is 12.3. The second kappa shape index (κ2) is 9.50. The smallest absolute Gasteiger partial charge is 0.254 e. The van der Waals surface area contributed by atoms with Gasteiger partial charge >= 0.3 is 0 Å². The number of ether oxygens (including phenoxy) is 3. The molecule has 0 bridgehead atoms. The summed E-state index contributed by atoms with van der Waals surface area (Å²) in [4.78, 5) is 32.1. The average molecular weight is 505 g/mol. The molecular formula is C28H28N2O5S. The fraction of sp³-hybridized carbons (Fsp3) is 0.357. The van der Waals surface area contributed by atoms with E-state index in [0.29, 0.717) is 30.2 Å². The van der Waals surface area contributed by atoms with Crippen LogP contribution in [0.4, 0.5) is 0 Å². The van der Waals surface area contributed by atoms with Crippen LogP contribution in [0.15, 0.2) is 53.9 Å². The standard InChI is InChI=1S/C28H28N2O5S/c1-18-2-7-21(8-3-18)33-16-23-22-11-13-36-26(22)10-12-29(23)27(31)15-30(20-5-6-20)28(32)19-4-9-24-25(14-19)35-17-34-24/h2-4,7-9,11,13-14,20,23H,5-6,10,12,15-17H2,1H3/t23-/m1/s1. The average Bonchev–Trinajstić information content (AvgIpc) is 3.42. The number of hydrogen-bond donors (Lipinski definition) is 0. The van der Waals surface area contributed by atoms with E-state index in [9.17, 15) is 9.59 Å². The van der Waals surface area contributed by atoms with Crippen molar-refractivity contribution < 1.29 is 23.8 Å². The maximum Gasteiger partial charge on any atom is 0.254 e. The number of nitrogens with zero attached hydrogens (tertiary/aromatic N) is 2. The van der Waals surface area contributed by atoms with Crippen LogP contribution in [0.5, 0.6) is 17.2 Å². The number of fused-ring (bicyclic) bond motifs is 2. The molecule has 36 heavy (non-hydrogen) atoms. The summed E-state index contributed by atoms with van der Waals surface area (Å²) in [6, 6.07) is 15.2. The Bertz CT molecular complexity index is 1280. The van der Waals surface area contributed by atoms with Gasteiger partial charge in [0.1, 0.15) is 18.9 Å². The third-order valence-corrected chi connectivity index (χ3v) is 8.01. The highest BCUT2D eigenvalue weighted by Gasteiger charge is 2.38. The molecule has 7 nitrogen and oxygen atoms in total. The second-order valence-electron chi connectivity index (χ2n) is 9.51. The highest BCUT2D eigenvalue weighted by molar-refractivity contribution is 7.10. The van der Waals surface area contributed by atoms with Crippen LogP contribution in [0.3, 0.4) is 0 Å². The van der Waals surface area contributed by atoms with Crippen LogP contribution >= 0.6 is 11.3 Å². The van der Waals surface area contributed by atoms with Crippen molar-refractivity contribution in [3.8, 4) is 17.2 Å². The Morgan fingerprint density at radius 1 is 1.08 bits per heavy atom. The van der Waals surface area contributed by atoms with Gasteiger partial charge in [-0.1, -0.05) is 17.7 Å². The lowest BCUT2D eigenvalue weighted by atomic mass is 10.00. The molecule has 6 rings (SSSR count). The molecule has 8 heteroatoms. The van der Waals surface area contributed by atoms with E-state index in [1.54, 1.807) is 34.4 Å². The molecule has 0 saturated heterocycles.